The Morgan fingerprint density at radius 1 is 1.80 bits per heavy atom. The Morgan fingerprint density at radius 2 is 2.50 bits per heavy atom. The highest BCUT2D eigenvalue weighted by Crippen LogP contribution is 2.14. The van der Waals surface area contributed by atoms with Crippen LogP contribution < -0.4 is 5.73 Å². The summed E-state index contributed by atoms with van der Waals surface area (Å²) in [4.78, 5) is 2.36. The Morgan fingerprint density at radius 3 is 2.90 bits per heavy atom. The molecule has 2 atom stereocenters. The number of hydrogen-bond acceptors (Lipinski definition) is 2. The molecule has 0 spiro atoms. The minimum atomic E-state index is 0.375. The molecule has 1 saturated heterocycles. The summed E-state index contributed by atoms with van der Waals surface area (Å²) in [6.45, 7) is 8.00. The Labute approximate surface area is 62.7 Å². The molecule has 2 unspecified atom stereocenters. The van der Waals surface area contributed by atoms with Gasteiger partial charge in [0, 0.05) is 25.2 Å². The van der Waals surface area contributed by atoms with Crippen LogP contribution in [0.15, 0.2) is 12.7 Å². The second-order valence-corrected chi connectivity index (χ2v) is 2.98. The average Bonchev–Trinajstić information content (AvgIpc) is 2.20. The third kappa shape index (κ3) is 1.39. The normalized spacial score (nSPS) is 34.6. The summed E-state index contributed by atoms with van der Waals surface area (Å²) in [6.07, 6.45) is 3.07. The van der Waals surface area contributed by atoms with Gasteiger partial charge in [0.15, 0.2) is 0 Å². The number of nitrogens with two attached hydrogens (primary N) is 1. The van der Waals surface area contributed by atoms with Gasteiger partial charge in [-0.15, -0.1) is 6.58 Å². The highest BCUT2D eigenvalue weighted by molar-refractivity contribution is 4.89. The smallest absolute Gasteiger partial charge is 0.0222 e. The lowest BCUT2D eigenvalue weighted by atomic mass is 10.2. The number of likely N-dealkylation sites (tertiary alicyclic amines) is 1. The quantitative estimate of drug-likeness (QED) is 0.569. The van der Waals surface area contributed by atoms with Crippen LogP contribution in [-0.2, 0) is 0 Å². The minimum absolute atomic E-state index is 0.375. The van der Waals surface area contributed by atoms with Crippen LogP contribution in [0.25, 0.3) is 0 Å². The first-order valence-electron chi connectivity index (χ1n) is 3.86. The first-order valence-corrected chi connectivity index (χ1v) is 3.86. The molecule has 0 aromatic rings. The van der Waals surface area contributed by atoms with Crippen LogP contribution in [0.2, 0.25) is 0 Å². The van der Waals surface area contributed by atoms with Gasteiger partial charge >= 0.3 is 0 Å². The van der Waals surface area contributed by atoms with Gasteiger partial charge in [-0.3, -0.25) is 4.90 Å². The number of nitrogens with zero attached hydrogens (tertiary/aromatic N) is 1. The molecule has 0 aromatic carbocycles. The Bertz CT molecular complexity index is 122. The molecule has 0 saturated carbocycles. The zero-order valence-corrected chi connectivity index (χ0v) is 6.59. The lowest BCUT2D eigenvalue weighted by molar-refractivity contribution is 0.288. The van der Waals surface area contributed by atoms with Crippen molar-refractivity contribution in [1.82, 2.24) is 4.90 Å². The van der Waals surface area contributed by atoms with Gasteiger partial charge in [-0.05, 0) is 13.3 Å². The summed E-state index contributed by atoms with van der Waals surface area (Å²) >= 11 is 0. The van der Waals surface area contributed by atoms with Gasteiger partial charge in [-0.1, -0.05) is 6.08 Å². The van der Waals surface area contributed by atoms with E-state index in [2.05, 4.69) is 18.4 Å². The van der Waals surface area contributed by atoms with Crippen LogP contribution in [0.1, 0.15) is 13.3 Å². The Hall–Kier alpha value is -0.340. The van der Waals surface area contributed by atoms with E-state index in [4.69, 9.17) is 5.73 Å². The number of rotatable bonds is 2. The lowest BCUT2D eigenvalue weighted by Crippen LogP contribution is -2.36. The third-order valence-corrected chi connectivity index (χ3v) is 2.31. The van der Waals surface area contributed by atoms with E-state index in [0.29, 0.717) is 12.1 Å². The standard InChI is InChI=1S/C8H16N2/c1-3-5-10-6-4-8(9)7(10)2/h3,7-8H,1,4-6,9H2,2H3. The molecule has 0 aliphatic carbocycles. The summed E-state index contributed by atoms with van der Waals surface area (Å²) in [5.41, 5.74) is 5.82. The first-order chi connectivity index (χ1) is 4.75. The molecule has 0 aromatic heterocycles. The van der Waals surface area contributed by atoms with Crippen molar-refractivity contribution in [3.8, 4) is 0 Å². The zero-order valence-electron chi connectivity index (χ0n) is 6.59. The highest BCUT2D eigenvalue weighted by Gasteiger charge is 2.26. The fraction of sp³-hybridized carbons (Fsp3) is 0.750. The molecule has 1 heterocycles. The van der Waals surface area contributed by atoms with Crippen LogP contribution in [0.3, 0.4) is 0 Å². The van der Waals surface area contributed by atoms with E-state index >= 15 is 0 Å². The third-order valence-electron chi connectivity index (χ3n) is 2.31. The molecule has 2 nitrogen and oxygen atoms in total. The molecule has 10 heavy (non-hydrogen) atoms. The van der Waals surface area contributed by atoms with Crippen LogP contribution in [0, 0.1) is 0 Å². The summed E-state index contributed by atoms with van der Waals surface area (Å²) in [7, 11) is 0. The van der Waals surface area contributed by atoms with E-state index in [9.17, 15) is 0 Å². The van der Waals surface area contributed by atoms with E-state index in [0.717, 1.165) is 19.5 Å². The van der Waals surface area contributed by atoms with Crippen molar-refractivity contribution in [1.29, 1.82) is 0 Å². The zero-order chi connectivity index (χ0) is 7.56. The fourth-order valence-corrected chi connectivity index (χ4v) is 1.45. The van der Waals surface area contributed by atoms with E-state index in [1.807, 2.05) is 6.08 Å². The van der Waals surface area contributed by atoms with Crippen molar-refractivity contribution in [2.45, 2.75) is 25.4 Å². The SMILES string of the molecule is C=CCN1CCC(N)C1C. The molecule has 58 valence electrons. The molecular formula is C8H16N2. The van der Waals surface area contributed by atoms with Crippen molar-refractivity contribution < 1.29 is 0 Å². The largest absolute Gasteiger partial charge is 0.326 e. The van der Waals surface area contributed by atoms with Crippen LogP contribution >= 0.6 is 0 Å². The van der Waals surface area contributed by atoms with Gasteiger partial charge in [-0.2, -0.15) is 0 Å². The molecule has 2 heteroatoms. The summed E-state index contributed by atoms with van der Waals surface area (Å²) in [6, 6.07) is 0.915. The van der Waals surface area contributed by atoms with Crippen molar-refractivity contribution in [2.75, 3.05) is 13.1 Å². The van der Waals surface area contributed by atoms with Gasteiger partial charge in [0.25, 0.3) is 0 Å². The predicted molar refractivity (Wildman–Crippen MR) is 43.8 cm³/mol. The first kappa shape index (κ1) is 7.76. The van der Waals surface area contributed by atoms with E-state index < -0.39 is 0 Å². The minimum Gasteiger partial charge on any atom is -0.326 e. The van der Waals surface area contributed by atoms with Gasteiger partial charge in [0.05, 0.1) is 0 Å². The predicted octanol–water partition coefficient (Wildman–Crippen LogP) is 0.594. The molecule has 1 aliphatic rings. The lowest BCUT2D eigenvalue weighted by Gasteiger charge is -2.20. The van der Waals surface area contributed by atoms with Gasteiger partial charge in [0.2, 0.25) is 0 Å². The van der Waals surface area contributed by atoms with Crippen LogP contribution in [-0.4, -0.2) is 30.1 Å². The summed E-state index contributed by atoms with van der Waals surface area (Å²) in [5, 5.41) is 0. The molecule has 2 N–H and O–H groups in total. The Balaban J connectivity index is 2.40. The van der Waals surface area contributed by atoms with Crippen LogP contribution in [0.4, 0.5) is 0 Å². The van der Waals surface area contributed by atoms with E-state index in [1.54, 1.807) is 0 Å². The maximum atomic E-state index is 5.82. The van der Waals surface area contributed by atoms with Crippen molar-refractivity contribution >= 4 is 0 Å². The maximum Gasteiger partial charge on any atom is 0.0222 e. The second kappa shape index (κ2) is 3.17. The molecule has 0 bridgehead atoms. The van der Waals surface area contributed by atoms with Gasteiger partial charge in [-0.25, -0.2) is 0 Å². The summed E-state index contributed by atoms with van der Waals surface area (Å²) in [5.74, 6) is 0. The van der Waals surface area contributed by atoms with Gasteiger partial charge in [0.1, 0.15) is 0 Å². The summed E-state index contributed by atoms with van der Waals surface area (Å²) < 4.78 is 0. The van der Waals surface area contributed by atoms with E-state index in [-0.39, 0.29) is 0 Å². The molecule has 1 aliphatic heterocycles. The molecule has 1 fully saturated rings. The maximum absolute atomic E-state index is 5.82. The molecule has 1 rings (SSSR count). The van der Waals surface area contributed by atoms with Crippen molar-refractivity contribution in [2.24, 2.45) is 5.73 Å². The molecule has 0 amide bonds. The fourth-order valence-electron chi connectivity index (χ4n) is 1.45. The van der Waals surface area contributed by atoms with E-state index in [1.165, 1.54) is 0 Å². The molecular weight excluding hydrogens is 124 g/mol. The average molecular weight is 140 g/mol. The van der Waals surface area contributed by atoms with Crippen molar-refractivity contribution in [3.63, 3.8) is 0 Å². The number of hydrogen-bond donors (Lipinski definition) is 1. The van der Waals surface area contributed by atoms with Gasteiger partial charge < -0.3 is 5.73 Å². The monoisotopic (exact) mass is 140 g/mol. The topological polar surface area (TPSA) is 29.3 Å². The van der Waals surface area contributed by atoms with Crippen LogP contribution in [0.5, 0.6) is 0 Å². The Kier molecular flexibility index (Phi) is 2.46. The highest BCUT2D eigenvalue weighted by atomic mass is 15.2. The van der Waals surface area contributed by atoms with Crippen molar-refractivity contribution in [3.05, 3.63) is 12.7 Å². The molecule has 0 radical (unpaired) electrons. The second-order valence-electron chi connectivity index (χ2n) is 2.98.